The molecule has 2 aromatic carbocycles. The molecular formula is C22H27N3O3. The van der Waals surface area contributed by atoms with Gasteiger partial charge < -0.3 is 14.7 Å². The quantitative estimate of drug-likeness (QED) is 0.832. The number of aromatic hydroxyl groups is 1. The van der Waals surface area contributed by atoms with Gasteiger partial charge in [-0.15, -0.1) is 0 Å². The van der Waals surface area contributed by atoms with Gasteiger partial charge in [0.2, 0.25) is 0 Å². The molecule has 0 bridgehead atoms. The van der Waals surface area contributed by atoms with Crippen LogP contribution in [0.5, 0.6) is 5.75 Å². The largest absolute Gasteiger partial charge is 0.506 e. The number of nitrogens with zero attached hydrogens (tertiary/aromatic N) is 3. The van der Waals surface area contributed by atoms with Crippen molar-refractivity contribution in [3.05, 3.63) is 54.6 Å². The van der Waals surface area contributed by atoms with Crippen LogP contribution in [0.25, 0.3) is 0 Å². The molecule has 2 heterocycles. The minimum Gasteiger partial charge on any atom is -0.506 e. The van der Waals surface area contributed by atoms with Crippen molar-refractivity contribution in [2.24, 2.45) is 0 Å². The summed E-state index contributed by atoms with van der Waals surface area (Å²) in [6.07, 6.45) is 1.62. The van der Waals surface area contributed by atoms with E-state index in [1.807, 2.05) is 48.5 Å². The first-order valence-corrected chi connectivity index (χ1v) is 9.99. The summed E-state index contributed by atoms with van der Waals surface area (Å²) in [6.45, 7) is 5.43. The molecule has 0 spiro atoms. The molecular weight excluding hydrogens is 354 g/mol. The average molecular weight is 381 g/mol. The maximum Gasteiger partial charge on any atom is 0.414 e. The first-order chi connectivity index (χ1) is 13.7. The molecule has 6 nitrogen and oxygen atoms in total. The molecule has 0 radical (unpaired) electrons. The standard InChI is InChI=1S/C22H27N3O3/c26-21-11-5-4-10-20(21)24-15-13-23(14-16-24)12-6-9-19-17-25(22(27)28-19)18-7-2-1-3-8-18/h1-5,7-8,10-11,19,26H,6,9,12-17H2. The lowest BCUT2D eigenvalue weighted by atomic mass is 10.1. The summed E-state index contributed by atoms with van der Waals surface area (Å²) in [6, 6.07) is 17.2. The van der Waals surface area contributed by atoms with E-state index in [1.165, 1.54) is 0 Å². The highest BCUT2D eigenvalue weighted by Gasteiger charge is 2.32. The molecule has 0 saturated carbocycles. The van der Waals surface area contributed by atoms with Gasteiger partial charge in [0.05, 0.1) is 12.2 Å². The van der Waals surface area contributed by atoms with Crippen LogP contribution in [-0.4, -0.2) is 61.5 Å². The molecule has 1 N–H and O–H groups in total. The molecule has 0 aliphatic carbocycles. The van der Waals surface area contributed by atoms with E-state index in [0.29, 0.717) is 12.3 Å². The molecule has 2 fully saturated rings. The summed E-state index contributed by atoms with van der Waals surface area (Å²) in [4.78, 5) is 18.5. The van der Waals surface area contributed by atoms with Crippen LogP contribution in [0.3, 0.4) is 0 Å². The SMILES string of the molecule is O=C1OC(CCCN2CCN(c3ccccc3O)CC2)CN1c1ccccc1. The second-order valence-corrected chi connectivity index (χ2v) is 7.41. The minimum atomic E-state index is -0.243. The van der Waals surface area contributed by atoms with Crippen molar-refractivity contribution in [2.45, 2.75) is 18.9 Å². The predicted molar refractivity (Wildman–Crippen MR) is 110 cm³/mol. The smallest absolute Gasteiger partial charge is 0.414 e. The fourth-order valence-electron chi connectivity index (χ4n) is 3.98. The van der Waals surface area contributed by atoms with Crippen LogP contribution in [0.4, 0.5) is 16.2 Å². The highest BCUT2D eigenvalue weighted by molar-refractivity contribution is 5.89. The molecule has 148 valence electrons. The fourth-order valence-corrected chi connectivity index (χ4v) is 3.98. The number of benzene rings is 2. The number of piperazine rings is 1. The first-order valence-electron chi connectivity index (χ1n) is 9.99. The number of para-hydroxylation sites is 3. The number of rotatable bonds is 6. The Labute approximate surface area is 165 Å². The van der Waals surface area contributed by atoms with Crippen LogP contribution in [0.1, 0.15) is 12.8 Å². The minimum absolute atomic E-state index is 0.0322. The summed E-state index contributed by atoms with van der Waals surface area (Å²) < 4.78 is 5.54. The first kappa shape index (κ1) is 18.6. The Kier molecular flexibility index (Phi) is 5.67. The average Bonchev–Trinajstić information content (AvgIpc) is 3.10. The highest BCUT2D eigenvalue weighted by Crippen LogP contribution is 2.27. The van der Waals surface area contributed by atoms with Crippen LogP contribution < -0.4 is 9.80 Å². The molecule has 28 heavy (non-hydrogen) atoms. The zero-order valence-electron chi connectivity index (χ0n) is 16.0. The van der Waals surface area contributed by atoms with Crippen molar-refractivity contribution in [1.82, 2.24) is 4.90 Å². The number of phenolic OH excluding ortho intramolecular Hbond substituents is 1. The normalized spacial score (nSPS) is 20.4. The van der Waals surface area contributed by atoms with E-state index in [1.54, 1.807) is 11.0 Å². The molecule has 2 saturated heterocycles. The molecule has 2 aromatic rings. The van der Waals surface area contributed by atoms with Crippen molar-refractivity contribution < 1.29 is 14.6 Å². The van der Waals surface area contributed by atoms with E-state index in [0.717, 1.165) is 56.9 Å². The number of hydrogen-bond acceptors (Lipinski definition) is 5. The number of amides is 1. The van der Waals surface area contributed by atoms with Gasteiger partial charge in [0.1, 0.15) is 11.9 Å². The Hall–Kier alpha value is -2.73. The van der Waals surface area contributed by atoms with Gasteiger partial charge in [-0.05, 0) is 43.7 Å². The van der Waals surface area contributed by atoms with Gasteiger partial charge in [-0.2, -0.15) is 0 Å². The lowest BCUT2D eigenvalue weighted by Gasteiger charge is -2.36. The number of ether oxygens (including phenoxy) is 1. The number of carbonyl (C=O) groups is 1. The Bertz CT molecular complexity index is 791. The second kappa shape index (κ2) is 8.52. The lowest BCUT2D eigenvalue weighted by molar-refractivity contribution is 0.131. The Morgan fingerprint density at radius 2 is 1.68 bits per heavy atom. The molecule has 0 aromatic heterocycles. The van der Waals surface area contributed by atoms with Gasteiger partial charge in [0.15, 0.2) is 0 Å². The summed E-state index contributed by atoms with van der Waals surface area (Å²) >= 11 is 0. The van der Waals surface area contributed by atoms with Gasteiger partial charge in [-0.3, -0.25) is 9.80 Å². The summed E-state index contributed by atoms with van der Waals surface area (Å²) in [5.74, 6) is 0.349. The van der Waals surface area contributed by atoms with E-state index in [4.69, 9.17) is 4.74 Å². The zero-order chi connectivity index (χ0) is 19.3. The molecule has 1 amide bonds. The highest BCUT2D eigenvalue weighted by atomic mass is 16.6. The van der Waals surface area contributed by atoms with Gasteiger partial charge in [0.25, 0.3) is 0 Å². The van der Waals surface area contributed by atoms with Crippen molar-refractivity contribution in [1.29, 1.82) is 0 Å². The molecule has 2 aliphatic rings. The van der Waals surface area contributed by atoms with Gasteiger partial charge in [0, 0.05) is 31.9 Å². The number of phenols is 1. The Morgan fingerprint density at radius 3 is 2.43 bits per heavy atom. The van der Waals surface area contributed by atoms with Crippen molar-refractivity contribution in [2.75, 3.05) is 49.1 Å². The van der Waals surface area contributed by atoms with Crippen LogP contribution >= 0.6 is 0 Å². The van der Waals surface area contributed by atoms with Crippen LogP contribution in [-0.2, 0) is 4.74 Å². The molecule has 1 atom stereocenters. The van der Waals surface area contributed by atoms with E-state index in [-0.39, 0.29) is 12.2 Å². The van der Waals surface area contributed by atoms with Crippen LogP contribution in [0.2, 0.25) is 0 Å². The Morgan fingerprint density at radius 1 is 0.964 bits per heavy atom. The van der Waals surface area contributed by atoms with E-state index >= 15 is 0 Å². The zero-order valence-corrected chi connectivity index (χ0v) is 16.0. The van der Waals surface area contributed by atoms with E-state index < -0.39 is 0 Å². The Balaban J connectivity index is 1.20. The topological polar surface area (TPSA) is 56.3 Å². The monoisotopic (exact) mass is 381 g/mol. The molecule has 2 aliphatic heterocycles. The van der Waals surface area contributed by atoms with Crippen LogP contribution in [0, 0.1) is 0 Å². The summed E-state index contributed by atoms with van der Waals surface area (Å²) in [5.41, 5.74) is 1.82. The van der Waals surface area contributed by atoms with Crippen molar-refractivity contribution in [3.63, 3.8) is 0 Å². The number of anilines is 2. The summed E-state index contributed by atoms with van der Waals surface area (Å²) in [7, 11) is 0. The number of carbonyl (C=O) groups excluding carboxylic acids is 1. The summed E-state index contributed by atoms with van der Waals surface area (Å²) in [5, 5.41) is 10.0. The lowest BCUT2D eigenvalue weighted by Crippen LogP contribution is -2.46. The van der Waals surface area contributed by atoms with Gasteiger partial charge in [-0.25, -0.2) is 4.79 Å². The van der Waals surface area contributed by atoms with Gasteiger partial charge >= 0.3 is 6.09 Å². The van der Waals surface area contributed by atoms with Crippen LogP contribution in [0.15, 0.2) is 54.6 Å². The predicted octanol–water partition coefficient (Wildman–Crippen LogP) is 3.32. The van der Waals surface area contributed by atoms with Crippen molar-refractivity contribution in [3.8, 4) is 5.75 Å². The van der Waals surface area contributed by atoms with E-state index in [2.05, 4.69) is 9.80 Å². The third kappa shape index (κ3) is 4.22. The van der Waals surface area contributed by atoms with Crippen molar-refractivity contribution >= 4 is 17.5 Å². The molecule has 1 unspecified atom stereocenters. The third-order valence-electron chi connectivity index (χ3n) is 5.54. The maximum atomic E-state index is 12.1. The number of cyclic esters (lactones) is 1. The fraction of sp³-hybridized carbons (Fsp3) is 0.409. The second-order valence-electron chi connectivity index (χ2n) is 7.41. The van der Waals surface area contributed by atoms with Gasteiger partial charge in [-0.1, -0.05) is 30.3 Å². The molecule has 6 heteroatoms. The third-order valence-corrected chi connectivity index (χ3v) is 5.54. The maximum absolute atomic E-state index is 12.1. The number of hydrogen-bond donors (Lipinski definition) is 1. The molecule has 4 rings (SSSR count). The van der Waals surface area contributed by atoms with E-state index in [9.17, 15) is 9.90 Å².